The first-order valence-electron chi connectivity index (χ1n) is 6.50. The Morgan fingerprint density at radius 2 is 2.29 bits per heavy atom. The minimum atomic E-state index is 0.200. The fourth-order valence-electron chi connectivity index (χ4n) is 2.42. The van der Waals surface area contributed by atoms with Gasteiger partial charge in [0.25, 0.3) is 0 Å². The molecule has 2 rings (SSSR count). The van der Waals surface area contributed by atoms with Gasteiger partial charge in [0.05, 0.1) is 6.61 Å². The van der Waals surface area contributed by atoms with Crippen LogP contribution in [0.5, 0.6) is 0 Å². The number of fused-ring (bicyclic) bond motifs is 1. The molecule has 0 aliphatic carbocycles. The topological polar surface area (TPSA) is 44.3 Å². The van der Waals surface area contributed by atoms with E-state index in [1.54, 1.807) is 0 Å². The first-order valence-corrected chi connectivity index (χ1v) is 6.50. The molecule has 0 spiro atoms. The normalized spacial score (nSPS) is 21.6. The van der Waals surface area contributed by atoms with Gasteiger partial charge in [0, 0.05) is 18.6 Å². The first-order chi connectivity index (χ1) is 8.35. The molecule has 2 atom stereocenters. The molecule has 17 heavy (non-hydrogen) atoms. The minimum Gasteiger partial charge on any atom is -0.395 e. The third-order valence-corrected chi connectivity index (χ3v) is 3.51. The standard InChI is InChI=1S/C14H22N2O/c1-2-12(10-17)16-14-7-8-15-9-11-5-3-4-6-13(11)14/h3-6,12,14-17H,2,7-10H2,1H3/t12-,14?/m1/s1. The molecule has 3 N–H and O–H groups in total. The van der Waals surface area contributed by atoms with Crippen LogP contribution >= 0.6 is 0 Å². The van der Waals surface area contributed by atoms with Crippen LogP contribution in [0, 0.1) is 0 Å². The zero-order chi connectivity index (χ0) is 12.1. The molecule has 0 saturated carbocycles. The molecule has 94 valence electrons. The molecule has 1 heterocycles. The van der Waals surface area contributed by atoms with Gasteiger partial charge in [-0.3, -0.25) is 0 Å². The molecule has 3 nitrogen and oxygen atoms in total. The van der Waals surface area contributed by atoms with Crippen LogP contribution in [0.15, 0.2) is 24.3 Å². The molecular weight excluding hydrogens is 212 g/mol. The van der Waals surface area contributed by atoms with Crippen LogP contribution in [0.4, 0.5) is 0 Å². The van der Waals surface area contributed by atoms with Gasteiger partial charge in [0.15, 0.2) is 0 Å². The third kappa shape index (κ3) is 3.06. The quantitative estimate of drug-likeness (QED) is 0.741. The van der Waals surface area contributed by atoms with Crippen molar-refractivity contribution in [1.82, 2.24) is 10.6 Å². The maximum Gasteiger partial charge on any atom is 0.0584 e. The largest absolute Gasteiger partial charge is 0.395 e. The second-order valence-corrected chi connectivity index (χ2v) is 4.67. The SMILES string of the molecule is CC[C@H](CO)NC1CCNCc2ccccc21. The van der Waals surface area contributed by atoms with Gasteiger partial charge < -0.3 is 15.7 Å². The fraction of sp³-hybridized carbons (Fsp3) is 0.571. The van der Waals surface area contributed by atoms with E-state index in [-0.39, 0.29) is 12.6 Å². The summed E-state index contributed by atoms with van der Waals surface area (Å²) in [5.74, 6) is 0. The molecule has 1 unspecified atom stereocenters. The molecule has 1 aliphatic heterocycles. The second kappa shape index (κ2) is 6.15. The smallest absolute Gasteiger partial charge is 0.0584 e. The van der Waals surface area contributed by atoms with Crippen LogP contribution in [0.25, 0.3) is 0 Å². The Labute approximate surface area is 103 Å². The van der Waals surface area contributed by atoms with Gasteiger partial charge in [-0.2, -0.15) is 0 Å². The predicted molar refractivity (Wildman–Crippen MR) is 69.8 cm³/mol. The Bertz CT molecular complexity index is 350. The van der Waals surface area contributed by atoms with E-state index >= 15 is 0 Å². The highest BCUT2D eigenvalue weighted by Crippen LogP contribution is 2.24. The van der Waals surface area contributed by atoms with Crippen molar-refractivity contribution in [2.24, 2.45) is 0 Å². The highest BCUT2D eigenvalue weighted by molar-refractivity contribution is 5.31. The van der Waals surface area contributed by atoms with Gasteiger partial charge in [-0.1, -0.05) is 31.2 Å². The van der Waals surface area contributed by atoms with Crippen molar-refractivity contribution in [3.8, 4) is 0 Å². The third-order valence-electron chi connectivity index (χ3n) is 3.51. The summed E-state index contributed by atoms with van der Waals surface area (Å²) in [7, 11) is 0. The van der Waals surface area contributed by atoms with E-state index in [1.807, 2.05) is 0 Å². The van der Waals surface area contributed by atoms with E-state index in [2.05, 4.69) is 41.8 Å². The molecule has 0 saturated heterocycles. The summed E-state index contributed by atoms with van der Waals surface area (Å²) in [5.41, 5.74) is 2.75. The second-order valence-electron chi connectivity index (χ2n) is 4.67. The Balaban J connectivity index is 2.16. The van der Waals surface area contributed by atoms with Gasteiger partial charge in [-0.25, -0.2) is 0 Å². The highest BCUT2D eigenvalue weighted by Gasteiger charge is 2.19. The molecule has 1 aliphatic rings. The molecular formula is C14H22N2O. The van der Waals surface area contributed by atoms with E-state index in [9.17, 15) is 5.11 Å². The predicted octanol–water partition coefficient (Wildman–Crippen LogP) is 1.58. The number of hydrogen-bond donors (Lipinski definition) is 3. The van der Waals surface area contributed by atoms with E-state index in [4.69, 9.17) is 0 Å². The van der Waals surface area contributed by atoms with E-state index in [0.717, 1.165) is 25.9 Å². The molecule has 0 radical (unpaired) electrons. The number of benzene rings is 1. The Hall–Kier alpha value is -0.900. The lowest BCUT2D eigenvalue weighted by Gasteiger charge is -2.24. The summed E-state index contributed by atoms with van der Waals surface area (Å²) < 4.78 is 0. The highest BCUT2D eigenvalue weighted by atomic mass is 16.3. The van der Waals surface area contributed by atoms with Crippen LogP contribution in [0.2, 0.25) is 0 Å². The molecule has 0 bridgehead atoms. The van der Waals surface area contributed by atoms with Gasteiger partial charge in [0.1, 0.15) is 0 Å². The number of nitrogens with one attached hydrogen (secondary N) is 2. The Kier molecular flexibility index (Phi) is 4.54. The zero-order valence-corrected chi connectivity index (χ0v) is 10.4. The summed E-state index contributed by atoms with van der Waals surface area (Å²) in [6.45, 7) is 4.29. The van der Waals surface area contributed by atoms with Gasteiger partial charge >= 0.3 is 0 Å². The van der Waals surface area contributed by atoms with Crippen LogP contribution in [0.1, 0.15) is 36.9 Å². The maximum absolute atomic E-state index is 9.30. The number of hydrogen-bond acceptors (Lipinski definition) is 3. The average molecular weight is 234 g/mol. The summed E-state index contributed by atoms with van der Waals surface area (Å²) in [6, 6.07) is 9.13. The lowest BCUT2D eigenvalue weighted by molar-refractivity contribution is 0.226. The zero-order valence-electron chi connectivity index (χ0n) is 10.4. The van der Waals surface area contributed by atoms with Crippen molar-refractivity contribution in [3.63, 3.8) is 0 Å². The average Bonchev–Trinajstić information content (AvgIpc) is 2.58. The van der Waals surface area contributed by atoms with Crippen molar-refractivity contribution in [2.75, 3.05) is 13.2 Å². The fourth-order valence-corrected chi connectivity index (χ4v) is 2.42. The van der Waals surface area contributed by atoms with Crippen LogP contribution in [-0.2, 0) is 6.54 Å². The summed E-state index contributed by atoms with van der Waals surface area (Å²) in [6.07, 6.45) is 2.04. The Morgan fingerprint density at radius 1 is 1.47 bits per heavy atom. The van der Waals surface area contributed by atoms with Crippen molar-refractivity contribution < 1.29 is 5.11 Å². The van der Waals surface area contributed by atoms with Gasteiger partial charge in [-0.15, -0.1) is 0 Å². The molecule has 0 fully saturated rings. The molecule has 0 aromatic heterocycles. The van der Waals surface area contributed by atoms with Gasteiger partial charge in [0.2, 0.25) is 0 Å². The number of rotatable bonds is 4. The summed E-state index contributed by atoms with van der Waals surface area (Å²) in [5, 5.41) is 16.3. The van der Waals surface area contributed by atoms with Crippen LogP contribution in [0.3, 0.4) is 0 Å². The summed E-state index contributed by atoms with van der Waals surface area (Å²) in [4.78, 5) is 0. The molecule has 1 aromatic carbocycles. The molecule has 0 amide bonds. The maximum atomic E-state index is 9.30. The molecule has 3 heteroatoms. The van der Waals surface area contributed by atoms with E-state index in [0.29, 0.717) is 6.04 Å². The molecule has 1 aromatic rings. The van der Waals surface area contributed by atoms with Crippen molar-refractivity contribution in [2.45, 2.75) is 38.4 Å². The number of aliphatic hydroxyl groups is 1. The lowest BCUT2D eigenvalue weighted by atomic mass is 9.98. The monoisotopic (exact) mass is 234 g/mol. The van der Waals surface area contributed by atoms with Crippen LogP contribution < -0.4 is 10.6 Å². The van der Waals surface area contributed by atoms with Crippen LogP contribution in [-0.4, -0.2) is 24.3 Å². The minimum absolute atomic E-state index is 0.200. The van der Waals surface area contributed by atoms with Crippen molar-refractivity contribution in [3.05, 3.63) is 35.4 Å². The Morgan fingerprint density at radius 3 is 3.06 bits per heavy atom. The first kappa shape index (κ1) is 12.6. The van der Waals surface area contributed by atoms with Crippen molar-refractivity contribution in [1.29, 1.82) is 0 Å². The summed E-state index contributed by atoms with van der Waals surface area (Å²) >= 11 is 0. The van der Waals surface area contributed by atoms with Gasteiger partial charge in [-0.05, 0) is 30.5 Å². The van der Waals surface area contributed by atoms with Crippen molar-refractivity contribution >= 4 is 0 Å². The number of aliphatic hydroxyl groups excluding tert-OH is 1. The lowest BCUT2D eigenvalue weighted by Crippen LogP contribution is -2.35. The van der Waals surface area contributed by atoms with E-state index in [1.165, 1.54) is 11.1 Å². The van der Waals surface area contributed by atoms with E-state index < -0.39 is 0 Å².